The molecule has 1 aromatic carbocycles. The first-order valence-electron chi connectivity index (χ1n) is 7.71. The maximum atomic E-state index is 12.5. The number of aryl methyl sites for hydroxylation is 2. The highest BCUT2D eigenvalue weighted by Crippen LogP contribution is 2.28. The van der Waals surface area contributed by atoms with Crippen LogP contribution in [0.25, 0.3) is 0 Å². The number of benzene rings is 1. The summed E-state index contributed by atoms with van der Waals surface area (Å²) in [5, 5.41) is 0.954. The molecule has 3 rings (SSSR count). The molecule has 1 aliphatic heterocycles. The molecule has 5 nitrogen and oxygen atoms in total. The molecule has 0 fully saturated rings. The minimum absolute atomic E-state index is 0.334. The van der Waals surface area contributed by atoms with Crippen LogP contribution in [0.4, 0.5) is 5.69 Å². The molecule has 1 aliphatic rings. The Labute approximate surface area is 141 Å². The smallest absolute Gasteiger partial charge is 0.240 e. The fourth-order valence-electron chi connectivity index (χ4n) is 2.80. The number of fused-ring (bicyclic) bond motifs is 1. The predicted octanol–water partition coefficient (Wildman–Crippen LogP) is 2.35. The van der Waals surface area contributed by atoms with Crippen molar-refractivity contribution >= 4 is 27.0 Å². The van der Waals surface area contributed by atoms with Crippen LogP contribution >= 0.6 is 11.3 Å². The Morgan fingerprint density at radius 1 is 1.39 bits per heavy atom. The van der Waals surface area contributed by atoms with Crippen LogP contribution in [-0.2, 0) is 22.9 Å². The van der Waals surface area contributed by atoms with Crippen LogP contribution in [-0.4, -0.2) is 33.5 Å². The Morgan fingerprint density at radius 2 is 2.22 bits per heavy atom. The lowest BCUT2D eigenvalue weighted by Gasteiger charge is -2.27. The van der Waals surface area contributed by atoms with E-state index in [-0.39, 0.29) is 0 Å². The van der Waals surface area contributed by atoms with E-state index in [2.05, 4.69) is 14.6 Å². The van der Waals surface area contributed by atoms with Crippen molar-refractivity contribution in [2.45, 2.75) is 31.1 Å². The average molecular weight is 351 g/mol. The molecule has 0 aliphatic carbocycles. The van der Waals surface area contributed by atoms with Gasteiger partial charge in [-0.3, -0.25) is 0 Å². The van der Waals surface area contributed by atoms with Gasteiger partial charge in [0.15, 0.2) is 0 Å². The third-order valence-corrected chi connectivity index (χ3v) is 6.45. The summed E-state index contributed by atoms with van der Waals surface area (Å²) < 4.78 is 27.6. The van der Waals surface area contributed by atoms with Gasteiger partial charge in [0.1, 0.15) is 0 Å². The number of rotatable bonds is 5. The molecule has 0 saturated carbocycles. The third-order valence-electron chi connectivity index (χ3n) is 4.02. The van der Waals surface area contributed by atoms with Crippen molar-refractivity contribution in [2.24, 2.45) is 0 Å². The highest BCUT2D eigenvalue weighted by Gasteiger charge is 2.19. The molecule has 2 heterocycles. The number of nitrogens with one attached hydrogen (secondary N) is 1. The fraction of sp³-hybridized carbons (Fsp3) is 0.438. The van der Waals surface area contributed by atoms with Gasteiger partial charge < -0.3 is 4.90 Å². The zero-order valence-electron chi connectivity index (χ0n) is 13.4. The van der Waals surface area contributed by atoms with Gasteiger partial charge in [0.25, 0.3) is 0 Å². The van der Waals surface area contributed by atoms with Gasteiger partial charge in [-0.15, -0.1) is 11.3 Å². The van der Waals surface area contributed by atoms with E-state index in [1.165, 1.54) is 5.56 Å². The zero-order chi connectivity index (χ0) is 16.4. The Balaban J connectivity index is 1.71. The van der Waals surface area contributed by atoms with Crippen molar-refractivity contribution in [1.82, 2.24) is 9.71 Å². The van der Waals surface area contributed by atoms with Crippen molar-refractivity contribution in [2.75, 3.05) is 25.0 Å². The fourth-order valence-corrected chi connectivity index (χ4v) is 4.64. The van der Waals surface area contributed by atoms with Gasteiger partial charge in [0.05, 0.1) is 9.90 Å². The molecule has 0 radical (unpaired) electrons. The van der Waals surface area contributed by atoms with E-state index < -0.39 is 10.0 Å². The number of hydrogen-bond acceptors (Lipinski definition) is 5. The van der Waals surface area contributed by atoms with Gasteiger partial charge in [-0.1, -0.05) is 6.07 Å². The maximum absolute atomic E-state index is 12.5. The van der Waals surface area contributed by atoms with E-state index >= 15 is 0 Å². The Kier molecular flexibility index (Phi) is 4.70. The van der Waals surface area contributed by atoms with E-state index in [9.17, 15) is 8.42 Å². The number of aromatic nitrogens is 1. The van der Waals surface area contributed by atoms with Crippen molar-refractivity contribution in [1.29, 1.82) is 0 Å². The average Bonchev–Trinajstić information content (AvgIpc) is 2.92. The minimum Gasteiger partial charge on any atom is -0.374 e. The Hall–Kier alpha value is -1.44. The molecule has 0 bridgehead atoms. The molecular weight excluding hydrogens is 330 g/mol. The van der Waals surface area contributed by atoms with E-state index in [1.54, 1.807) is 23.5 Å². The Morgan fingerprint density at radius 3 is 2.96 bits per heavy atom. The van der Waals surface area contributed by atoms with Crippen LogP contribution in [0.2, 0.25) is 0 Å². The van der Waals surface area contributed by atoms with Gasteiger partial charge in [0.2, 0.25) is 10.0 Å². The summed E-state index contributed by atoms with van der Waals surface area (Å²) in [6.07, 6.45) is 4.55. The van der Waals surface area contributed by atoms with E-state index in [0.29, 0.717) is 17.9 Å². The van der Waals surface area contributed by atoms with E-state index in [1.807, 2.05) is 26.2 Å². The summed E-state index contributed by atoms with van der Waals surface area (Å²) in [6.45, 7) is 3.32. The van der Waals surface area contributed by atoms with Gasteiger partial charge in [-0.25, -0.2) is 18.1 Å². The van der Waals surface area contributed by atoms with Crippen molar-refractivity contribution < 1.29 is 8.42 Å². The number of anilines is 1. The van der Waals surface area contributed by atoms with Crippen molar-refractivity contribution in [3.05, 3.63) is 39.8 Å². The first-order chi connectivity index (χ1) is 11.0. The standard InChI is InChI=1S/C16H21N3O2S2/c1-12-11-17-16(22-12)7-8-18-23(20,21)14-6-5-13-4-3-9-19(2)15(13)10-14/h5-6,10-11,18H,3-4,7-9H2,1-2H3. The monoisotopic (exact) mass is 351 g/mol. The number of nitrogens with zero attached hydrogens (tertiary/aromatic N) is 2. The molecule has 0 unspecified atom stereocenters. The molecule has 2 aromatic rings. The highest BCUT2D eigenvalue weighted by atomic mass is 32.2. The van der Waals surface area contributed by atoms with E-state index in [0.717, 1.165) is 35.0 Å². The summed E-state index contributed by atoms with van der Waals surface area (Å²) in [7, 11) is -1.47. The summed E-state index contributed by atoms with van der Waals surface area (Å²) >= 11 is 1.60. The SMILES string of the molecule is Cc1cnc(CCNS(=O)(=O)c2ccc3c(c2)N(C)CCC3)s1. The lowest BCUT2D eigenvalue weighted by molar-refractivity contribution is 0.581. The van der Waals surface area contributed by atoms with Crippen molar-refractivity contribution in [3.63, 3.8) is 0 Å². The lowest BCUT2D eigenvalue weighted by Crippen LogP contribution is -2.28. The zero-order valence-corrected chi connectivity index (χ0v) is 15.0. The second kappa shape index (κ2) is 6.59. The molecule has 0 spiro atoms. The maximum Gasteiger partial charge on any atom is 0.240 e. The van der Waals surface area contributed by atoms with Gasteiger partial charge in [-0.2, -0.15) is 0 Å². The van der Waals surface area contributed by atoms with Gasteiger partial charge in [-0.05, 0) is 37.5 Å². The molecule has 0 atom stereocenters. The normalized spacial score (nSPS) is 14.8. The minimum atomic E-state index is -3.48. The van der Waals surface area contributed by atoms with Crippen LogP contribution < -0.4 is 9.62 Å². The highest BCUT2D eigenvalue weighted by molar-refractivity contribution is 7.89. The lowest BCUT2D eigenvalue weighted by atomic mass is 10.0. The van der Waals surface area contributed by atoms with E-state index in [4.69, 9.17) is 0 Å². The molecule has 0 saturated heterocycles. The predicted molar refractivity (Wildman–Crippen MR) is 93.8 cm³/mol. The van der Waals surface area contributed by atoms with Crippen LogP contribution in [0.5, 0.6) is 0 Å². The summed E-state index contributed by atoms with van der Waals surface area (Å²) in [4.78, 5) is 7.85. The number of hydrogen-bond donors (Lipinski definition) is 1. The quantitative estimate of drug-likeness (QED) is 0.898. The van der Waals surface area contributed by atoms with Crippen LogP contribution in [0, 0.1) is 6.92 Å². The first-order valence-corrected chi connectivity index (χ1v) is 10.0. The molecule has 124 valence electrons. The summed E-state index contributed by atoms with van der Waals surface area (Å²) in [6, 6.07) is 5.42. The van der Waals surface area contributed by atoms with Gasteiger partial charge >= 0.3 is 0 Å². The third kappa shape index (κ3) is 3.73. The first kappa shape index (κ1) is 16.4. The van der Waals surface area contributed by atoms with Crippen molar-refractivity contribution in [3.8, 4) is 0 Å². The Bertz CT molecular complexity index is 799. The summed E-state index contributed by atoms with van der Waals surface area (Å²) in [5.41, 5.74) is 2.24. The molecule has 23 heavy (non-hydrogen) atoms. The molecule has 0 amide bonds. The van der Waals surface area contributed by atoms with Gasteiger partial charge in [0, 0.05) is 43.3 Å². The van der Waals surface area contributed by atoms with Crippen LogP contribution in [0.15, 0.2) is 29.3 Å². The molecule has 1 N–H and O–H groups in total. The second-order valence-corrected chi connectivity index (χ2v) is 8.91. The van der Waals surface area contributed by atoms with Crippen LogP contribution in [0.1, 0.15) is 21.9 Å². The topological polar surface area (TPSA) is 62.3 Å². The second-order valence-electron chi connectivity index (χ2n) is 5.83. The number of sulfonamides is 1. The summed E-state index contributed by atoms with van der Waals surface area (Å²) in [5.74, 6) is 0. The molecule has 7 heteroatoms. The molecule has 1 aromatic heterocycles. The van der Waals surface area contributed by atoms with Crippen LogP contribution in [0.3, 0.4) is 0 Å². The molecular formula is C16H21N3O2S2. The largest absolute Gasteiger partial charge is 0.374 e. The number of thiazole rings is 1.